The van der Waals surface area contributed by atoms with Gasteiger partial charge < -0.3 is 10.5 Å². The molecular weight excluding hydrogens is 336 g/mol. The van der Waals surface area contributed by atoms with Crippen LogP contribution in [0.5, 0.6) is 11.5 Å². The van der Waals surface area contributed by atoms with Crippen molar-refractivity contribution in [1.82, 2.24) is 4.98 Å². The summed E-state index contributed by atoms with van der Waals surface area (Å²) in [6, 6.07) is 7.09. The van der Waals surface area contributed by atoms with Crippen LogP contribution in [-0.4, -0.2) is 9.97 Å². The molecule has 0 saturated carbocycles. The van der Waals surface area contributed by atoms with Crippen LogP contribution in [0.25, 0.3) is 0 Å². The van der Waals surface area contributed by atoms with Crippen molar-refractivity contribution in [3.8, 4) is 11.5 Å². The molecule has 0 amide bonds. The third kappa shape index (κ3) is 3.19. The van der Waals surface area contributed by atoms with Gasteiger partial charge in [0, 0.05) is 16.7 Å². The van der Waals surface area contributed by atoms with Crippen LogP contribution in [0.4, 0.5) is 0 Å². The average molecular weight is 344 g/mol. The summed E-state index contributed by atoms with van der Waals surface area (Å²) in [6.45, 7) is 0. The second kappa shape index (κ2) is 5.65. The lowest BCUT2D eigenvalue weighted by atomic mass is 10.2. The molecule has 6 heteroatoms. The first-order chi connectivity index (χ1) is 8.56. The van der Waals surface area contributed by atoms with Crippen LogP contribution in [0.3, 0.4) is 0 Å². The van der Waals surface area contributed by atoms with Gasteiger partial charge in [-0.3, -0.25) is 4.98 Å². The number of benzene rings is 1. The lowest BCUT2D eigenvalue weighted by Crippen LogP contribution is -2.10. The number of hydrogen-bond donors (Lipinski definition) is 1. The molecule has 0 fully saturated rings. The fraction of sp³-hybridized carbons (Fsp3) is 0. The molecule has 0 aliphatic heterocycles. The predicted molar refractivity (Wildman–Crippen MR) is 79.4 cm³/mol. The third-order valence-corrected chi connectivity index (χ3v) is 3.04. The average Bonchev–Trinajstić information content (AvgIpc) is 2.28. The Morgan fingerprint density at radius 2 is 2.11 bits per heavy atom. The van der Waals surface area contributed by atoms with Crippen LogP contribution < -0.4 is 10.5 Å². The summed E-state index contributed by atoms with van der Waals surface area (Å²) < 4.78 is 6.56. The van der Waals surface area contributed by atoms with Gasteiger partial charge in [-0.2, -0.15) is 0 Å². The smallest absolute Gasteiger partial charge is 0.147 e. The van der Waals surface area contributed by atoms with E-state index in [4.69, 9.17) is 34.3 Å². The van der Waals surface area contributed by atoms with E-state index in [1.165, 1.54) is 6.20 Å². The minimum Gasteiger partial charge on any atom is -0.455 e. The highest BCUT2D eigenvalue weighted by molar-refractivity contribution is 9.10. The Morgan fingerprint density at radius 1 is 1.33 bits per heavy atom. The second-order valence-corrected chi connectivity index (χ2v) is 5.24. The Bertz CT molecular complexity index is 606. The Labute approximate surface area is 123 Å². The van der Waals surface area contributed by atoms with E-state index in [1.807, 2.05) is 6.07 Å². The molecule has 0 unspecified atom stereocenters. The van der Waals surface area contributed by atoms with Gasteiger partial charge in [0.05, 0.1) is 16.8 Å². The van der Waals surface area contributed by atoms with E-state index in [0.29, 0.717) is 22.1 Å². The Morgan fingerprint density at radius 3 is 2.78 bits per heavy atom. The van der Waals surface area contributed by atoms with Crippen LogP contribution >= 0.6 is 39.7 Å². The summed E-state index contributed by atoms with van der Waals surface area (Å²) in [5.41, 5.74) is 6.30. The maximum absolute atomic E-state index is 5.84. The molecule has 0 atom stereocenters. The molecule has 18 heavy (non-hydrogen) atoms. The van der Waals surface area contributed by atoms with Gasteiger partial charge in [-0.15, -0.1) is 0 Å². The first-order valence-electron chi connectivity index (χ1n) is 4.94. The van der Waals surface area contributed by atoms with E-state index < -0.39 is 0 Å². The van der Waals surface area contributed by atoms with Gasteiger partial charge in [0.1, 0.15) is 16.5 Å². The molecular formula is C12H8BrClN2OS. The SMILES string of the molecule is NC(=S)c1ccc(Br)cc1Oc1cncc(Cl)c1. The highest BCUT2D eigenvalue weighted by Gasteiger charge is 2.08. The molecule has 1 aromatic carbocycles. The fourth-order valence-corrected chi connectivity index (χ4v) is 2.03. The molecule has 0 saturated heterocycles. The quantitative estimate of drug-likeness (QED) is 0.858. The monoisotopic (exact) mass is 342 g/mol. The normalized spacial score (nSPS) is 10.1. The molecule has 3 nitrogen and oxygen atoms in total. The van der Waals surface area contributed by atoms with Gasteiger partial charge in [-0.05, 0) is 18.2 Å². The number of rotatable bonds is 3. The molecule has 0 radical (unpaired) electrons. The fourth-order valence-electron chi connectivity index (χ4n) is 1.36. The zero-order chi connectivity index (χ0) is 13.1. The molecule has 2 aromatic rings. The van der Waals surface area contributed by atoms with Gasteiger partial charge in [0.25, 0.3) is 0 Å². The topological polar surface area (TPSA) is 48.1 Å². The maximum atomic E-state index is 5.84. The highest BCUT2D eigenvalue weighted by atomic mass is 79.9. The number of nitrogens with zero attached hydrogens (tertiary/aromatic N) is 1. The molecule has 92 valence electrons. The lowest BCUT2D eigenvalue weighted by Gasteiger charge is -2.10. The number of halogens is 2. The number of hydrogen-bond acceptors (Lipinski definition) is 3. The van der Waals surface area contributed by atoms with Crippen LogP contribution in [0.2, 0.25) is 5.02 Å². The second-order valence-electron chi connectivity index (χ2n) is 3.45. The van der Waals surface area contributed by atoms with E-state index in [1.54, 1.807) is 24.4 Å². The molecule has 2 N–H and O–H groups in total. The zero-order valence-corrected chi connectivity index (χ0v) is 12.2. The molecule has 0 spiro atoms. The summed E-state index contributed by atoms with van der Waals surface area (Å²) in [5, 5.41) is 0.499. The van der Waals surface area contributed by atoms with Crippen LogP contribution in [0.1, 0.15) is 5.56 Å². The van der Waals surface area contributed by atoms with Crippen LogP contribution in [-0.2, 0) is 0 Å². The summed E-state index contributed by atoms with van der Waals surface area (Å²) in [7, 11) is 0. The van der Waals surface area contributed by atoms with E-state index in [2.05, 4.69) is 20.9 Å². The van der Waals surface area contributed by atoms with Gasteiger partial charge in [0.15, 0.2) is 0 Å². The van der Waals surface area contributed by atoms with Crippen molar-refractivity contribution >= 4 is 44.7 Å². The van der Waals surface area contributed by atoms with Crippen molar-refractivity contribution in [2.45, 2.75) is 0 Å². The summed E-state index contributed by atoms with van der Waals surface area (Å²) >= 11 is 14.2. The van der Waals surface area contributed by atoms with Crippen LogP contribution in [0, 0.1) is 0 Å². The largest absolute Gasteiger partial charge is 0.455 e. The molecule has 0 bridgehead atoms. The number of thiocarbonyl (C=S) groups is 1. The molecule has 1 heterocycles. The number of ether oxygens (including phenoxy) is 1. The van der Waals surface area contributed by atoms with E-state index in [0.717, 1.165) is 4.47 Å². The molecule has 1 aromatic heterocycles. The highest BCUT2D eigenvalue weighted by Crippen LogP contribution is 2.29. The zero-order valence-electron chi connectivity index (χ0n) is 9.06. The van der Waals surface area contributed by atoms with Crippen molar-refractivity contribution in [2.75, 3.05) is 0 Å². The van der Waals surface area contributed by atoms with E-state index in [-0.39, 0.29) is 4.99 Å². The number of pyridine rings is 1. The minimum atomic E-state index is 0.271. The predicted octanol–water partition coefficient (Wildman–Crippen LogP) is 3.92. The summed E-state index contributed by atoms with van der Waals surface area (Å²) in [6.07, 6.45) is 3.10. The minimum absolute atomic E-state index is 0.271. The van der Waals surface area contributed by atoms with Gasteiger partial charge >= 0.3 is 0 Å². The molecule has 2 rings (SSSR count). The molecule has 0 aliphatic rings. The van der Waals surface area contributed by atoms with Crippen molar-refractivity contribution in [3.63, 3.8) is 0 Å². The van der Waals surface area contributed by atoms with E-state index in [9.17, 15) is 0 Å². The summed E-state index contributed by atoms with van der Waals surface area (Å²) in [5.74, 6) is 1.08. The lowest BCUT2D eigenvalue weighted by molar-refractivity contribution is 0.479. The first kappa shape index (κ1) is 13.3. The first-order valence-corrected chi connectivity index (χ1v) is 6.52. The Kier molecular flexibility index (Phi) is 4.16. The maximum Gasteiger partial charge on any atom is 0.147 e. The molecule has 0 aliphatic carbocycles. The Hall–Kier alpha value is -1.17. The van der Waals surface area contributed by atoms with Crippen LogP contribution in [0.15, 0.2) is 41.1 Å². The number of aromatic nitrogens is 1. The standard InChI is InChI=1S/C12H8BrClN2OS/c13-7-1-2-10(12(15)18)11(3-7)17-9-4-8(14)5-16-6-9/h1-6H,(H2,15,18). The van der Waals surface area contributed by atoms with Gasteiger partial charge in [-0.1, -0.05) is 39.7 Å². The van der Waals surface area contributed by atoms with Crippen molar-refractivity contribution in [2.24, 2.45) is 5.73 Å². The van der Waals surface area contributed by atoms with Gasteiger partial charge in [0.2, 0.25) is 0 Å². The van der Waals surface area contributed by atoms with E-state index >= 15 is 0 Å². The van der Waals surface area contributed by atoms with Crippen molar-refractivity contribution in [3.05, 3.63) is 51.7 Å². The Balaban J connectivity index is 2.39. The number of nitrogens with two attached hydrogens (primary N) is 1. The van der Waals surface area contributed by atoms with Crippen molar-refractivity contribution in [1.29, 1.82) is 0 Å². The van der Waals surface area contributed by atoms with Crippen molar-refractivity contribution < 1.29 is 4.74 Å². The third-order valence-electron chi connectivity index (χ3n) is 2.12. The van der Waals surface area contributed by atoms with Gasteiger partial charge in [-0.25, -0.2) is 0 Å². The summed E-state index contributed by atoms with van der Waals surface area (Å²) in [4.78, 5) is 4.22.